The van der Waals surface area contributed by atoms with Gasteiger partial charge in [0.1, 0.15) is 11.4 Å². The van der Waals surface area contributed by atoms with E-state index in [-0.39, 0.29) is 5.60 Å². The lowest BCUT2D eigenvalue weighted by molar-refractivity contribution is -0.0860. The van der Waals surface area contributed by atoms with Crippen LogP contribution in [0.4, 0.5) is 0 Å². The average Bonchev–Trinajstić information content (AvgIpc) is 2.52. The third kappa shape index (κ3) is 5.06. The van der Waals surface area contributed by atoms with Gasteiger partial charge in [0.05, 0.1) is 12.9 Å². The Bertz CT molecular complexity index is 638. The molecule has 0 aromatic heterocycles. The van der Waals surface area contributed by atoms with Crippen LogP contribution < -0.4 is 0 Å². The number of allylic oxidation sites excluding steroid dienone is 1. The van der Waals surface area contributed by atoms with Crippen molar-refractivity contribution >= 4 is 10.0 Å². The highest BCUT2D eigenvalue weighted by atomic mass is 32.2. The molecule has 0 bridgehead atoms. The van der Waals surface area contributed by atoms with Gasteiger partial charge >= 0.3 is 0 Å². The SMILES string of the molecule is CCOCCCOC1(N(C)S(C)(=O)=O)C=CC2=C(CCC(C)(C)O2)C1. The molecular weight excluding hydrogens is 342 g/mol. The van der Waals surface area contributed by atoms with Gasteiger partial charge in [-0.1, -0.05) is 0 Å². The molecule has 0 fully saturated rings. The fraction of sp³-hybridized carbons (Fsp3) is 0.778. The largest absolute Gasteiger partial charge is 0.488 e. The molecule has 2 rings (SSSR count). The van der Waals surface area contributed by atoms with Gasteiger partial charge in [-0.25, -0.2) is 8.42 Å². The second-order valence-corrected chi connectivity index (χ2v) is 9.33. The Morgan fingerprint density at radius 2 is 2.04 bits per heavy atom. The molecule has 1 heterocycles. The Balaban J connectivity index is 2.18. The van der Waals surface area contributed by atoms with Gasteiger partial charge in [0.25, 0.3) is 0 Å². The third-order valence-corrected chi connectivity index (χ3v) is 6.05. The summed E-state index contributed by atoms with van der Waals surface area (Å²) < 4.78 is 43.1. The first kappa shape index (κ1) is 20.4. The van der Waals surface area contributed by atoms with Crippen molar-refractivity contribution in [2.75, 3.05) is 33.1 Å². The minimum absolute atomic E-state index is 0.190. The average molecular weight is 374 g/mol. The maximum atomic E-state index is 12.2. The zero-order valence-corrected chi connectivity index (χ0v) is 16.8. The van der Waals surface area contributed by atoms with Crippen LogP contribution in [0.25, 0.3) is 0 Å². The summed E-state index contributed by atoms with van der Waals surface area (Å²) in [5.41, 5.74) is -0.0737. The highest BCUT2D eigenvalue weighted by Crippen LogP contribution is 2.41. The van der Waals surface area contributed by atoms with Crippen LogP contribution in [0.15, 0.2) is 23.5 Å². The van der Waals surface area contributed by atoms with Crippen molar-refractivity contribution in [2.45, 2.75) is 57.8 Å². The van der Waals surface area contributed by atoms with Crippen LogP contribution in [0.2, 0.25) is 0 Å². The van der Waals surface area contributed by atoms with Gasteiger partial charge in [-0.05, 0) is 57.8 Å². The zero-order chi connectivity index (χ0) is 18.7. The van der Waals surface area contributed by atoms with Gasteiger partial charge in [0.2, 0.25) is 10.0 Å². The molecule has 0 saturated carbocycles. The molecule has 0 spiro atoms. The van der Waals surface area contributed by atoms with E-state index in [1.54, 1.807) is 7.05 Å². The predicted octanol–water partition coefficient (Wildman–Crippen LogP) is 2.82. The monoisotopic (exact) mass is 373 g/mol. The van der Waals surface area contributed by atoms with Crippen molar-refractivity contribution in [3.8, 4) is 0 Å². The smallest absolute Gasteiger partial charge is 0.213 e. The van der Waals surface area contributed by atoms with Crippen LogP contribution in [-0.4, -0.2) is 57.2 Å². The summed E-state index contributed by atoms with van der Waals surface area (Å²) in [7, 11) is -1.84. The van der Waals surface area contributed by atoms with Crippen LogP contribution in [0, 0.1) is 0 Å². The number of sulfonamides is 1. The fourth-order valence-electron chi connectivity index (χ4n) is 3.14. The van der Waals surface area contributed by atoms with E-state index < -0.39 is 15.7 Å². The van der Waals surface area contributed by atoms with Crippen LogP contribution >= 0.6 is 0 Å². The summed E-state index contributed by atoms with van der Waals surface area (Å²) in [6.07, 6.45) is 7.88. The van der Waals surface area contributed by atoms with E-state index in [2.05, 4.69) is 13.8 Å². The molecule has 1 aliphatic carbocycles. The molecule has 7 heteroatoms. The number of likely N-dealkylation sites (N-methyl/N-ethyl adjacent to an activating group) is 1. The van der Waals surface area contributed by atoms with E-state index in [9.17, 15) is 8.42 Å². The van der Waals surface area contributed by atoms with Gasteiger partial charge in [-0.3, -0.25) is 0 Å². The fourth-order valence-corrected chi connectivity index (χ4v) is 3.87. The van der Waals surface area contributed by atoms with Crippen molar-refractivity contribution in [3.63, 3.8) is 0 Å². The van der Waals surface area contributed by atoms with Gasteiger partial charge in [-0.15, -0.1) is 0 Å². The van der Waals surface area contributed by atoms with Gasteiger partial charge in [-0.2, -0.15) is 4.31 Å². The molecule has 0 N–H and O–H groups in total. The maximum absolute atomic E-state index is 12.2. The number of hydrogen-bond acceptors (Lipinski definition) is 5. The van der Waals surface area contributed by atoms with E-state index in [1.165, 1.54) is 10.6 Å². The molecule has 0 aromatic rings. The van der Waals surface area contributed by atoms with E-state index in [1.807, 2.05) is 19.1 Å². The molecule has 0 saturated heterocycles. The Hall–Kier alpha value is -0.890. The van der Waals surface area contributed by atoms with Crippen molar-refractivity contribution < 1.29 is 22.6 Å². The Morgan fingerprint density at radius 1 is 1.32 bits per heavy atom. The summed E-state index contributed by atoms with van der Waals surface area (Å²) in [5, 5.41) is 0. The lowest BCUT2D eigenvalue weighted by Crippen LogP contribution is -2.51. The van der Waals surface area contributed by atoms with Crippen molar-refractivity contribution in [2.24, 2.45) is 0 Å². The van der Waals surface area contributed by atoms with E-state index in [0.717, 1.165) is 30.6 Å². The van der Waals surface area contributed by atoms with Crippen molar-refractivity contribution in [1.29, 1.82) is 0 Å². The van der Waals surface area contributed by atoms with Crippen LogP contribution in [0.1, 0.15) is 46.5 Å². The molecule has 0 aromatic carbocycles. The molecule has 1 unspecified atom stereocenters. The first-order chi connectivity index (χ1) is 11.6. The van der Waals surface area contributed by atoms with Gasteiger partial charge in [0, 0.05) is 26.7 Å². The topological polar surface area (TPSA) is 65.1 Å². The normalized spacial score (nSPS) is 25.8. The molecule has 2 aliphatic rings. The predicted molar refractivity (Wildman–Crippen MR) is 97.6 cm³/mol. The summed E-state index contributed by atoms with van der Waals surface area (Å²) in [4.78, 5) is 0. The highest BCUT2D eigenvalue weighted by Gasteiger charge is 2.43. The molecule has 1 aliphatic heterocycles. The lowest BCUT2D eigenvalue weighted by Gasteiger charge is -2.43. The number of ether oxygens (including phenoxy) is 3. The highest BCUT2D eigenvalue weighted by molar-refractivity contribution is 7.88. The summed E-state index contributed by atoms with van der Waals surface area (Å²) in [6, 6.07) is 0. The van der Waals surface area contributed by atoms with Crippen LogP contribution in [0.5, 0.6) is 0 Å². The summed E-state index contributed by atoms with van der Waals surface area (Å²) >= 11 is 0. The second-order valence-electron chi connectivity index (χ2n) is 7.31. The first-order valence-corrected chi connectivity index (χ1v) is 10.7. The molecule has 1 atom stereocenters. The molecule has 25 heavy (non-hydrogen) atoms. The standard InChI is InChI=1S/C18H31NO5S/c1-6-22-12-7-13-23-18(19(4)25(5,20)21)11-9-16-15(14-18)8-10-17(2,3)24-16/h9,11H,6-8,10,12-14H2,1-5H3. The quantitative estimate of drug-likeness (QED) is 0.483. The molecule has 0 amide bonds. The molecule has 144 valence electrons. The summed E-state index contributed by atoms with van der Waals surface area (Å²) in [5.74, 6) is 0.853. The Kier molecular flexibility index (Phi) is 6.35. The molecule has 0 radical (unpaired) electrons. The first-order valence-electron chi connectivity index (χ1n) is 8.86. The van der Waals surface area contributed by atoms with E-state index in [0.29, 0.717) is 26.2 Å². The van der Waals surface area contributed by atoms with Crippen molar-refractivity contribution in [3.05, 3.63) is 23.5 Å². The zero-order valence-electron chi connectivity index (χ0n) is 16.0. The maximum Gasteiger partial charge on any atom is 0.213 e. The molecular formula is C18H31NO5S. The Morgan fingerprint density at radius 3 is 2.68 bits per heavy atom. The minimum atomic E-state index is -3.41. The van der Waals surface area contributed by atoms with E-state index in [4.69, 9.17) is 14.2 Å². The molecule has 6 nitrogen and oxygen atoms in total. The second kappa shape index (κ2) is 7.78. The third-order valence-electron chi connectivity index (χ3n) is 4.74. The minimum Gasteiger partial charge on any atom is -0.488 e. The lowest BCUT2D eigenvalue weighted by atomic mass is 9.86. The Labute approximate surface area is 151 Å². The van der Waals surface area contributed by atoms with Crippen LogP contribution in [-0.2, 0) is 24.2 Å². The number of nitrogens with zero attached hydrogens (tertiary/aromatic N) is 1. The summed E-state index contributed by atoms with van der Waals surface area (Å²) in [6.45, 7) is 7.78. The van der Waals surface area contributed by atoms with Crippen molar-refractivity contribution in [1.82, 2.24) is 4.31 Å². The number of rotatable bonds is 8. The van der Waals surface area contributed by atoms with Gasteiger partial charge < -0.3 is 14.2 Å². The van der Waals surface area contributed by atoms with Crippen LogP contribution in [0.3, 0.4) is 0 Å². The van der Waals surface area contributed by atoms with Gasteiger partial charge in [0.15, 0.2) is 5.72 Å². The van der Waals surface area contributed by atoms with E-state index >= 15 is 0 Å². The number of hydrogen-bond donors (Lipinski definition) is 0.